The number of fused-ring (bicyclic) bond motifs is 4. The molecule has 6 rings (SSSR count). The third-order valence-corrected chi connectivity index (χ3v) is 7.51. The molecule has 3 aromatic rings. The quantitative estimate of drug-likeness (QED) is 0.613. The minimum absolute atomic E-state index is 0.00665. The average molecular weight is 476 g/mol. The van der Waals surface area contributed by atoms with E-state index in [9.17, 15) is 9.59 Å². The zero-order valence-electron chi connectivity index (χ0n) is 20.0. The second-order valence-electron chi connectivity index (χ2n) is 9.45. The molecule has 1 N–H and O–H groups in total. The summed E-state index contributed by atoms with van der Waals surface area (Å²) in [5.41, 5.74) is 3.90. The Morgan fingerprint density at radius 3 is 2.69 bits per heavy atom. The summed E-state index contributed by atoms with van der Waals surface area (Å²) in [5, 5.41) is 1.09. The van der Waals surface area contributed by atoms with Crippen molar-refractivity contribution < 1.29 is 23.8 Å². The highest BCUT2D eigenvalue weighted by Gasteiger charge is 2.48. The molecule has 0 radical (unpaired) electrons. The summed E-state index contributed by atoms with van der Waals surface area (Å²) in [6.07, 6.45) is 2.41. The summed E-state index contributed by atoms with van der Waals surface area (Å²) >= 11 is 0. The van der Waals surface area contributed by atoms with Gasteiger partial charge in [-0.05, 0) is 42.2 Å². The molecule has 3 aliphatic heterocycles. The van der Waals surface area contributed by atoms with Crippen LogP contribution in [0.25, 0.3) is 10.9 Å². The Bertz CT molecular complexity index is 1300. The van der Waals surface area contributed by atoms with Crippen LogP contribution in [-0.4, -0.2) is 72.7 Å². The lowest BCUT2D eigenvalue weighted by Gasteiger charge is -2.47. The van der Waals surface area contributed by atoms with Crippen molar-refractivity contribution in [2.45, 2.75) is 37.5 Å². The molecule has 2 unspecified atom stereocenters. The number of carbonyl (C=O) groups is 2. The van der Waals surface area contributed by atoms with Crippen LogP contribution in [0.5, 0.6) is 11.5 Å². The highest BCUT2D eigenvalue weighted by Crippen LogP contribution is 2.44. The van der Waals surface area contributed by atoms with E-state index in [0.717, 1.165) is 47.2 Å². The van der Waals surface area contributed by atoms with Crippen molar-refractivity contribution in [1.82, 2.24) is 14.8 Å². The Kier molecular flexibility index (Phi) is 5.40. The van der Waals surface area contributed by atoms with Gasteiger partial charge in [0.05, 0.1) is 32.9 Å². The summed E-state index contributed by atoms with van der Waals surface area (Å²) in [7, 11) is 3.19. The summed E-state index contributed by atoms with van der Waals surface area (Å²) in [6.45, 7) is 1.25. The largest absolute Gasteiger partial charge is 0.493 e. The normalized spacial score (nSPS) is 24.0. The number of aromatic amines is 1. The fourth-order valence-corrected chi connectivity index (χ4v) is 5.88. The van der Waals surface area contributed by atoms with Crippen LogP contribution in [0.1, 0.15) is 35.7 Å². The van der Waals surface area contributed by atoms with Crippen LogP contribution in [-0.2, 0) is 20.7 Å². The number of ether oxygens (including phenoxy) is 3. The Balaban J connectivity index is 1.46. The molecular formula is C27H29N3O5. The van der Waals surface area contributed by atoms with E-state index in [-0.39, 0.29) is 24.5 Å². The van der Waals surface area contributed by atoms with Crippen molar-refractivity contribution in [3.05, 3.63) is 59.3 Å². The molecule has 2 amide bonds. The summed E-state index contributed by atoms with van der Waals surface area (Å²) in [6, 6.07) is 12.8. The van der Waals surface area contributed by atoms with Crippen molar-refractivity contribution in [3.63, 3.8) is 0 Å². The van der Waals surface area contributed by atoms with Crippen molar-refractivity contribution >= 4 is 22.7 Å². The first kappa shape index (κ1) is 22.0. The van der Waals surface area contributed by atoms with E-state index in [1.807, 2.05) is 36.4 Å². The molecule has 2 fully saturated rings. The SMILES string of the molecule is COc1ccc(C2c3[nH]c4ccccc4c3C[C@@H]3C(=O)N(CC4CCCO4)CC(=O)N23)cc1OC. The molecular weight excluding hydrogens is 446 g/mol. The van der Waals surface area contributed by atoms with Crippen LogP contribution >= 0.6 is 0 Å². The maximum Gasteiger partial charge on any atom is 0.246 e. The Morgan fingerprint density at radius 2 is 1.91 bits per heavy atom. The van der Waals surface area contributed by atoms with E-state index in [1.54, 1.807) is 24.0 Å². The van der Waals surface area contributed by atoms with Gasteiger partial charge in [0.2, 0.25) is 11.8 Å². The fourth-order valence-electron chi connectivity index (χ4n) is 5.88. The Labute approximate surface area is 203 Å². The lowest BCUT2D eigenvalue weighted by Crippen LogP contribution is -2.63. The maximum atomic E-state index is 13.8. The minimum atomic E-state index is -0.567. The molecule has 3 atom stereocenters. The molecule has 8 nitrogen and oxygen atoms in total. The van der Waals surface area contributed by atoms with E-state index in [0.29, 0.717) is 24.5 Å². The topological polar surface area (TPSA) is 84.1 Å². The van der Waals surface area contributed by atoms with Gasteiger partial charge in [0.15, 0.2) is 11.5 Å². The van der Waals surface area contributed by atoms with Crippen LogP contribution < -0.4 is 9.47 Å². The maximum absolute atomic E-state index is 13.8. The average Bonchev–Trinajstić information content (AvgIpc) is 3.53. The van der Waals surface area contributed by atoms with E-state index < -0.39 is 12.1 Å². The highest BCUT2D eigenvalue weighted by atomic mass is 16.5. The first-order valence-electron chi connectivity index (χ1n) is 12.1. The van der Waals surface area contributed by atoms with Gasteiger partial charge in [-0.1, -0.05) is 24.3 Å². The molecule has 4 heterocycles. The molecule has 0 bridgehead atoms. The van der Waals surface area contributed by atoms with E-state index >= 15 is 0 Å². The van der Waals surface area contributed by atoms with Gasteiger partial charge in [0.1, 0.15) is 6.04 Å². The van der Waals surface area contributed by atoms with Crippen molar-refractivity contribution in [2.75, 3.05) is 33.9 Å². The van der Waals surface area contributed by atoms with Crippen molar-refractivity contribution in [2.24, 2.45) is 0 Å². The molecule has 2 aromatic carbocycles. The van der Waals surface area contributed by atoms with Gasteiger partial charge in [0.25, 0.3) is 0 Å². The third-order valence-electron chi connectivity index (χ3n) is 7.51. The second kappa shape index (κ2) is 8.61. The van der Waals surface area contributed by atoms with Crippen LogP contribution in [0, 0.1) is 0 Å². The first-order valence-corrected chi connectivity index (χ1v) is 12.1. The number of nitrogens with zero attached hydrogens (tertiary/aromatic N) is 2. The van der Waals surface area contributed by atoms with Crippen LogP contribution in [0.2, 0.25) is 0 Å². The van der Waals surface area contributed by atoms with Gasteiger partial charge >= 0.3 is 0 Å². The molecule has 8 heteroatoms. The number of para-hydroxylation sites is 1. The second-order valence-corrected chi connectivity index (χ2v) is 9.45. The number of carbonyl (C=O) groups excluding carboxylic acids is 2. The zero-order chi connectivity index (χ0) is 24.1. The van der Waals surface area contributed by atoms with Gasteiger partial charge in [-0.15, -0.1) is 0 Å². The number of hydrogen-bond donors (Lipinski definition) is 1. The predicted molar refractivity (Wildman–Crippen MR) is 130 cm³/mol. The number of benzene rings is 2. The van der Waals surface area contributed by atoms with Gasteiger partial charge < -0.3 is 29.0 Å². The van der Waals surface area contributed by atoms with Gasteiger partial charge in [-0.2, -0.15) is 0 Å². The van der Waals surface area contributed by atoms with E-state index in [4.69, 9.17) is 14.2 Å². The molecule has 2 saturated heterocycles. The Hall–Kier alpha value is -3.52. The lowest BCUT2D eigenvalue weighted by atomic mass is 9.86. The van der Waals surface area contributed by atoms with Crippen LogP contribution in [0.3, 0.4) is 0 Å². The predicted octanol–water partition coefficient (Wildman–Crippen LogP) is 3.05. The smallest absolute Gasteiger partial charge is 0.246 e. The number of nitrogens with one attached hydrogen (secondary N) is 1. The summed E-state index contributed by atoms with van der Waals surface area (Å²) in [4.78, 5) is 34.5. The van der Waals surface area contributed by atoms with Gasteiger partial charge in [-0.3, -0.25) is 9.59 Å². The lowest BCUT2D eigenvalue weighted by molar-refractivity contribution is -0.159. The van der Waals surface area contributed by atoms with Crippen molar-refractivity contribution in [1.29, 1.82) is 0 Å². The standard InChI is InChI=1S/C27H29N3O5/c1-33-22-10-9-16(12-23(22)34-2)26-25-19(18-7-3-4-8-20(18)28-25)13-21-27(32)29(15-24(31)30(21)26)14-17-6-5-11-35-17/h3-4,7-10,12,17,21,26,28H,5-6,11,13-15H2,1-2H3/t17?,21-,26?/m1/s1. The van der Waals surface area contributed by atoms with Gasteiger partial charge in [0, 0.05) is 36.2 Å². The van der Waals surface area contributed by atoms with Crippen LogP contribution in [0.15, 0.2) is 42.5 Å². The fraction of sp³-hybridized carbons (Fsp3) is 0.407. The van der Waals surface area contributed by atoms with Crippen LogP contribution in [0.4, 0.5) is 0 Å². The first-order chi connectivity index (χ1) is 17.1. The molecule has 0 aliphatic carbocycles. The van der Waals surface area contributed by atoms with Crippen molar-refractivity contribution in [3.8, 4) is 11.5 Å². The molecule has 0 spiro atoms. The number of methoxy groups -OCH3 is 2. The minimum Gasteiger partial charge on any atom is -0.493 e. The summed E-state index contributed by atoms with van der Waals surface area (Å²) in [5.74, 6) is 1.13. The van der Waals surface area contributed by atoms with E-state index in [1.165, 1.54) is 0 Å². The number of piperazine rings is 1. The third kappa shape index (κ3) is 3.55. The number of hydrogen-bond acceptors (Lipinski definition) is 5. The highest BCUT2D eigenvalue weighted by molar-refractivity contribution is 5.97. The molecule has 0 saturated carbocycles. The Morgan fingerprint density at radius 1 is 1.09 bits per heavy atom. The number of H-pyrrole nitrogens is 1. The molecule has 1 aromatic heterocycles. The monoisotopic (exact) mass is 475 g/mol. The number of amides is 2. The molecule has 182 valence electrons. The summed E-state index contributed by atoms with van der Waals surface area (Å²) < 4.78 is 16.8. The number of rotatable bonds is 5. The molecule has 3 aliphatic rings. The molecule has 35 heavy (non-hydrogen) atoms. The van der Waals surface area contributed by atoms with E-state index in [2.05, 4.69) is 11.1 Å². The zero-order valence-corrected chi connectivity index (χ0v) is 20.0. The van der Waals surface area contributed by atoms with Gasteiger partial charge in [-0.25, -0.2) is 0 Å². The number of aromatic nitrogens is 1.